The highest BCUT2D eigenvalue weighted by Crippen LogP contribution is 2.46. The van der Waals surface area contributed by atoms with E-state index in [1.807, 2.05) is 11.8 Å². The molecule has 0 aromatic carbocycles. The minimum Gasteiger partial charge on any atom is -0.469 e. The molecule has 0 spiro atoms. The Kier molecular flexibility index (Phi) is 11.1. The Labute approximate surface area is 135 Å². The lowest BCUT2D eigenvalue weighted by Crippen LogP contribution is -2.06. The predicted octanol–water partition coefficient (Wildman–Crippen LogP) is 5.73. The molecule has 2 atom stereocenters. The molecule has 3 heteroatoms. The van der Waals surface area contributed by atoms with Gasteiger partial charge in [0, 0.05) is 10.5 Å². The fourth-order valence-electron chi connectivity index (χ4n) is 2.87. The first-order valence-electron chi connectivity index (χ1n) is 9.00. The summed E-state index contributed by atoms with van der Waals surface area (Å²) in [6.45, 7) is 2.28. The van der Waals surface area contributed by atoms with E-state index in [1.54, 1.807) is 0 Å². The molecule has 0 radical (unpaired) electrons. The van der Waals surface area contributed by atoms with Crippen molar-refractivity contribution >= 4 is 17.7 Å². The van der Waals surface area contributed by atoms with Crippen molar-refractivity contribution < 1.29 is 9.53 Å². The molecule has 124 valence electrons. The van der Waals surface area contributed by atoms with Gasteiger partial charge in [-0.3, -0.25) is 4.79 Å². The maximum atomic E-state index is 11.1. The number of methoxy groups -OCH3 is 1. The van der Waals surface area contributed by atoms with Crippen molar-refractivity contribution in [3.63, 3.8) is 0 Å². The number of thioether (sulfide) groups is 1. The molecule has 1 heterocycles. The highest BCUT2D eigenvalue weighted by molar-refractivity contribution is 8.07. The minimum atomic E-state index is -0.0473. The zero-order chi connectivity index (χ0) is 15.3. The summed E-state index contributed by atoms with van der Waals surface area (Å²) in [6, 6.07) is 0. The van der Waals surface area contributed by atoms with E-state index < -0.39 is 0 Å². The number of hydrogen-bond acceptors (Lipinski definition) is 3. The van der Waals surface area contributed by atoms with Gasteiger partial charge in [-0.15, -0.1) is 0 Å². The molecule has 1 rings (SSSR count). The van der Waals surface area contributed by atoms with E-state index in [1.165, 1.54) is 84.2 Å². The molecule has 0 aliphatic carbocycles. The molecule has 1 aliphatic heterocycles. The standard InChI is InChI=1S/C18H34O2S/c1-3-4-5-6-7-8-9-10-11-12-13-14-16-17(21-16)15-18(19)20-2/h16-17H,3-15H2,1-2H3. The second-order valence-corrected chi connectivity index (χ2v) is 7.80. The third kappa shape index (κ3) is 10.2. The molecule has 0 saturated carbocycles. The van der Waals surface area contributed by atoms with Crippen molar-refractivity contribution in [2.24, 2.45) is 0 Å². The number of hydrogen-bond donors (Lipinski definition) is 0. The minimum absolute atomic E-state index is 0.0473. The lowest BCUT2D eigenvalue weighted by Gasteiger charge is -2.02. The van der Waals surface area contributed by atoms with Crippen LogP contribution in [0.2, 0.25) is 0 Å². The average Bonchev–Trinajstić information content (AvgIpc) is 3.22. The molecule has 0 aromatic heterocycles. The molecular formula is C18H34O2S. The van der Waals surface area contributed by atoms with E-state index in [4.69, 9.17) is 4.74 Å². The summed E-state index contributed by atoms with van der Waals surface area (Å²) in [6.07, 6.45) is 17.4. The first-order valence-corrected chi connectivity index (χ1v) is 9.94. The number of esters is 1. The van der Waals surface area contributed by atoms with Crippen molar-refractivity contribution in [1.82, 2.24) is 0 Å². The summed E-state index contributed by atoms with van der Waals surface area (Å²) in [7, 11) is 1.48. The van der Waals surface area contributed by atoms with Crippen molar-refractivity contribution in [2.45, 2.75) is 101 Å². The fourth-order valence-corrected chi connectivity index (χ4v) is 4.00. The number of carbonyl (C=O) groups excluding carboxylic acids is 1. The van der Waals surface area contributed by atoms with Gasteiger partial charge in [-0.05, 0) is 6.42 Å². The van der Waals surface area contributed by atoms with Crippen molar-refractivity contribution in [1.29, 1.82) is 0 Å². The fraction of sp³-hybridized carbons (Fsp3) is 0.944. The lowest BCUT2D eigenvalue weighted by atomic mass is 10.0. The highest BCUT2D eigenvalue weighted by Gasteiger charge is 2.39. The average molecular weight is 315 g/mol. The summed E-state index contributed by atoms with van der Waals surface area (Å²) in [5, 5.41) is 1.29. The molecular weight excluding hydrogens is 280 g/mol. The highest BCUT2D eigenvalue weighted by atomic mass is 32.2. The second kappa shape index (κ2) is 12.4. The van der Waals surface area contributed by atoms with Crippen molar-refractivity contribution in [3.05, 3.63) is 0 Å². The Hall–Kier alpha value is -0.180. The van der Waals surface area contributed by atoms with Crippen LogP contribution in [0.3, 0.4) is 0 Å². The third-order valence-electron chi connectivity index (χ3n) is 4.38. The molecule has 2 nitrogen and oxygen atoms in total. The molecule has 0 aromatic rings. The summed E-state index contributed by atoms with van der Waals surface area (Å²) in [5.41, 5.74) is 0. The first kappa shape index (κ1) is 18.9. The van der Waals surface area contributed by atoms with Gasteiger partial charge in [-0.1, -0.05) is 77.6 Å². The second-order valence-electron chi connectivity index (χ2n) is 6.32. The van der Waals surface area contributed by atoms with E-state index in [2.05, 4.69) is 6.92 Å². The molecule has 1 aliphatic rings. The normalized spacial score (nSPS) is 20.5. The number of unbranched alkanes of at least 4 members (excludes halogenated alkanes) is 10. The van der Waals surface area contributed by atoms with Gasteiger partial charge in [0.2, 0.25) is 0 Å². The molecule has 1 fully saturated rings. The smallest absolute Gasteiger partial charge is 0.306 e. The topological polar surface area (TPSA) is 26.3 Å². The van der Waals surface area contributed by atoms with Gasteiger partial charge in [-0.2, -0.15) is 11.8 Å². The monoisotopic (exact) mass is 314 g/mol. The van der Waals surface area contributed by atoms with Crippen LogP contribution < -0.4 is 0 Å². The first-order chi connectivity index (χ1) is 10.3. The molecule has 0 bridgehead atoms. The van der Waals surface area contributed by atoms with E-state index in [9.17, 15) is 4.79 Å². The largest absolute Gasteiger partial charge is 0.469 e. The number of rotatable bonds is 14. The summed E-state index contributed by atoms with van der Waals surface area (Å²) in [4.78, 5) is 11.1. The van der Waals surface area contributed by atoms with Crippen LogP contribution in [-0.4, -0.2) is 23.6 Å². The Balaban J connectivity index is 1.75. The Bertz CT molecular complexity index is 268. The van der Waals surface area contributed by atoms with Crippen molar-refractivity contribution in [2.75, 3.05) is 7.11 Å². The predicted molar refractivity (Wildman–Crippen MR) is 92.9 cm³/mol. The lowest BCUT2D eigenvalue weighted by molar-refractivity contribution is -0.140. The zero-order valence-electron chi connectivity index (χ0n) is 14.1. The van der Waals surface area contributed by atoms with Crippen LogP contribution in [0.5, 0.6) is 0 Å². The number of ether oxygens (including phenoxy) is 1. The van der Waals surface area contributed by atoms with E-state index >= 15 is 0 Å². The van der Waals surface area contributed by atoms with Crippen LogP contribution in [0.25, 0.3) is 0 Å². The van der Waals surface area contributed by atoms with Crippen LogP contribution in [-0.2, 0) is 9.53 Å². The van der Waals surface area contributed by atoms with Crippen molar-refractivity contribution in [3.8, 4) is 0 Å². The quantitative estimate of drug-likeness (QED) is 0.232. The molecule has 2 unspecified atom stereocenters. The zero-order valence-corrected chi connectivity index (χ0v) is 14.9. The molecule has 21 heavy (non-hydrogen) atoms. The Morgan fingerprint density at radius 2 is 1.38 bits per heavy atom. The van der Waals surface area contributed by atoms with Gasteiger partial charge < -0.3 is 4.74 Å². The van der Waals surface area contributed by atoms with Gasteiger partial charge in [0.15, 0.2) is 0 Å². The Morgan fingerprint density at radius 1 is 0.857 bits per heavy atom. The van der Waals surface area contributed by atoms with Gasteiger partial charge in [0.05, 0.1) is 13.5 Å². The van der Waals surface area contributed by atoms with Gasteiger partial charge in [-0.25, -0.2) is 0 Å². The van der Waals surface area contributed by atoms with E-state index in [0.29, 0.717) is 11.7 Å². The summed E-state index contributed by atoms with van der Waals surface area (Å²) >= 11 is 1.96. The third-order valence-corrected chi connectivity index (χ3v) is 5.82. The van der Waals surface area contributed by atoms with Crippen LogP contribution >= 0.6 is 11.8 Å². The van der Waals surface area contributed by atoms with Gasteiger partial charge in [0.1, 0.15) is 0 Å². The van der Waals surface area contributed by atoms with Gasteiger partial charge in [0.25, 0.3) is 0 Å². The SMILES string of the molecule is CCCCCCCCCCCCCC1SC1CC(=O)OC. The van der Waals surface area contributed by atoms with E-state index in [0.717, 1.165) is 5.25 Å². The van der Waals surface area contributed by atoms with Crippen LogP contribution in [0.15, 0.2) is 0 Å². The maximum absolute atomic E-state index is 11.1. The number of carbonyl (C=O) groups is 1. The van der Waals surface area contributed by atoms with Crippen LogP contribution in [0, 0.1) is 0 Å². The van der Waals surface area contributed by atoms with Crippen LogP contribution in [0.4, 0.5) is 0 Å². The van der Waals surface area contributed by atoms with Gasteiger partial charge >= 0.3 is 5.97 Å². The molecule has 0 N–H and O–H groups in total. The Morgan fingerprint density at radius 3 is 1.90 bits per heavy atom. The molecule has 0 amide bonds. The summed E-state index contributed by atoms with van der Waals surface area (Å²) in [5.74, 6) is -0.0473. The van der Waals surface area contributed by atoms with E-state index in [-0.39, 0.29) is 5.97 Å². The maximum Gasteiger partial charge on any atom is 0.306 e. The molecule has 1 saturated heterocycles. The van der Waals surface area contributed by atoms with Crippen LogP contribution in [0.1, 0.15) is 90.4 Å². The summed E-state index contributed by atoms with van der Waals surface area (Å²) < 4.78 is 4.71.